The summed E-state index contributed by atoms with van der Waals surface area (Å²) in [4.78, 5) is 12.0. The van der Waals surface area contributed by atoms with Gasteiger partial charge in [-0.25, -0.2) is 4.39 Å². The number of nitrogens with zero attached hydrogens (tertiary/aromatic N) is 4. The Bertz CT molecular complexity index is 885. The zero-order chi connectivity index (χ0) is 18.4. The molecule has 0 spiro atoms. The number of hydrogen-bond acceptors (Lipinski definition) is 6. The Kier molecular flexibility index (Phi) is 5.80. The Labute approximate surface area is 153 Å². The molecule has 0 fully saturated rings. The molecule has 1 aromatic heterocycles. The van der Waals surface area contributed by atoms with Gasteiger partial charge >= 0.3 is 0 Å². The molecule has 0 atom stereocenters. The number of anilines is 1. The van der Waals surface area contributed by atoms with Gasteiger partial charge in [0.05, 0.1) is 18.0 Å². The minimum Gasteiger partial charge on any atom is -0.494 e. The van der Waals surface area contributed by atoms with Crippen molar-refractivity contribution >= 4 is 23.4 Å². The first-order valence-electron chi connectivity index (χ1n) is 7.85. The van der Waals surface area contributed by atoms with Crippen LogP contribution in [0.5, 0.6) is 5.75 Å². The van der Waals surface area contributed by atoms with E-state index in [1.807, 2.05) is 31.2 Å². The maximum absolute atomic E-state index is 13.1. The van der Waals surface area contributed by atoms with Gasteiger partial charge in [0.15, 0.2) is 0 Å². The number of carbonyl (C=O) groups excluding carboxylic acids is 1. The van der Waals surface area contributed by atoms with Crippen LogP contribution in [0.1, 0.15) is 6.92 Å². The van der Waals surface area contributed by atoms with Crippen LogP contribution < -0.4 is 10.1 Å². The maximum atomic E-state index is 13.1. The summed E-state index contributed by atoms with van der Waals surface area (Å²) >= 11 is 1.18. The van der Waals surface area contributed by atoms with Crippen LogP contribution in [-0.2, 0) is 4.79 Å². The molecule has 0 saturated heterocycles. The van der Waals surface area contributed by atoms with Gasteiger partial charge < -0.3 is 10.1 Å². The molecule has 0 saturated carbocycles. The van der Waals surface area contributed by atoms with E-state index < -0.39 is 5.82 Å². The summed E-state index contributed by atoms with van der Waals surface area (Å²) in [6.45, 7) is 2.50. The highest BCUT2D eigenvalue weighted by molar-refractivity contribution is 7.99. The highest BCUT2D eigenvalue weighted by Crippen LogP contribution is 2.21. The molecule has 7 nitrogen and oxygen atoms in total. The van der Waals surface area contributed by atoms with Crippen molar-refractivity contribution in [1.82, 2.24) is 20.2 Å². The predicted octanol–water partition coefficient (Wildman–Crippen LogP) is 2.93. The number of halogens is 1. The van der Waals surface area contributed by atoms with Crippen molar-refractivity contribution in [1.29, 1.82) is 0 Å². The lowest BCUT2D eigenvalue weighted by atomic mass is 10.3. The quantitative estimate of drug-likeness (QED) is 0.641. The zero-order valence-electron chi connectivity index (χ0n) is 13.9. The second-order valence-corrected chi connectivity index (χ2v) is 6.09. The van der Waals surface area contributed by atoms with Crippen molar-refractivity contribution in [2.24, 2.45) is 0 Å². The molecule has 1 heterocycles. The molecule has 0 aliphatic rings. The lowest BCUT2D eigenvalue weighted by Gasteiger charge is -2.07. The minimum atomic E-state index is -0.408. The monoisotopic (exact) mass is 373 g/mol. The van der Waals surface area contributed by atoms with Gasteiger partial charge in [-0.2, -0.15) is 4.68 Å². The number of nitrogens with one attached hydrogen (secondary N) is 1. The van der Waals surface area contributed by atoms with Crippen LogP contribution in [0.4, 0.5) is 10.1 Å². The molecular formula is C17H16FN5O2S. The smallest absolute Gasteiger partial charge is 0.234 e. The standard InChI is InChI=1S/C17H16FN5O2S/c1-2-25-15-8-6-14(7-9-15)23-17(20-21-22-23)26-11-16(24)19-13-5-3-4-12(18)10-13/h3-10H,2,11H2,1H3,(H,19,24). The largest absolute Gasteiger partial charge is 0.494 e. The zero-order valence-corrected chi connectivity index (χ0v) is 14.7. The SMILES string of the molecule is CCOc1ccc(-n2nnnc2SCC(=O)Nc2cccc(F)c2)cc1. The Hall–Kier alpha value is -2.94. The number of benzene rings is 2. The van der Waals surface area contributed by atoms with Crippen molar-refractivity contribution in [3.05, 3.63) is 54.3 Å². The van der Waals surface area contributed by atoms with Crippen LogP contribution in [-0.4, -0.2) is 38.5 Å². The number of hydrogen-bond donors (Lipinski definition) is 1. The number of carbonyl (C=O) groups is 1. The molecule has 1 N–H and O–H groups in total. The molecule has 1 amide bonds. The van der Waals surface area contributed by atoms with Gasteiger partial charge in [-0.05, 0) is 59.8 Å². The van der Waals surface area contributed by atoms with Gasteiger partial charge in [0.25, 0.3) is 0 Å². The second-order valence-electron chi connectivity index (χ2n) is 5.15. The van der Waals surface area contributed by atoms with E-state index in [1.54, 1.807) is 6.07 Å². The Balaban J connectivity index is 1.62. The Morgan fingerprint density at radius 2 is 2.08 bits per heavy atom. The van der Waals surface area contributed by atoms with Crippen LogP contribution in [0.15, 0.2) is 53.7 Å². The average Bonchev–Trinajstić information content (AvgIpc) is 3.09. The molecule has 9 heteroatoms. The lowest BCUT2D eigenvalue weighted by molar-refractivity contribution is -0.113. The van der Waals surface area contributed by atoms with Crippen LogP contribution in [0.2, 0.25) is 0 Å². The highest BCUT2D eigenvalue weighted by Gasteiger charge is 2.12. The van der Waals surface area contributed by atoms with Gasteiger partial charge in [0.1, 0.15) is 11.6 Å². The number of thioether (sulfide) groups is 1. The molecule has 0 aliphatic heterocycles. The second kappa shape index (κ2) is 8.43. The van der Waals surface area contributed by atoms with Gasteiger partial charge in [-0.3, -0.25) is 4.79 Å². The molecule has 3 rings (SSSR count). The van der Waals surface area contributed by atoms with E-state index in [-0.39, 0.29) is 11.7 Å². The topological polar surface area (TPSA) is 81.9 Å². The van der Waals surface area contributed by atoms with Crippen molar-refractivity contribution in [2.75, 3.05) is 17.7 Å². The maximum Gasteiger partial charge on any atom is 0.234 e. The molecule has 0 unspecified atom stereocenters. The van der Waals surface area contributed by atoms with E-state index in [0.717, 1.165) is 11.4 Å². The van der Waals surface area contributed by atoms with E-state index in [4.69, 9.17) is 4.74 Å². The molecule has 0 radical (unpaired) electrons. The van der Waals surface area contributed by atoms with Gasteiger partial charge in [0.2, 0.25) is 11.1 Å². The van der Waals surface area contributed by atoms with Crippen LogP contribution in [0.3, 0.4) is 0 Å². The van der Waals surface area contributed by atoms with Crippen LogP contribution in [0, 0.1) is 5.82 Å². The number of aromatic nitrogens is 4. The number of rotatable bonds is 7. The summed E-state index contributed by atoms with van der Waals surface area (Å²) in [6.07, 6.45) is 0. The van der Waals surface area contributed by atoms with Crippen LogP contribution in [0.25, 0.3) is 5.69 Å². The first-order chi connectivity index (χ1) is 12.7. The van der Waals surface area contributed by atoms with Gasteiger partial charge in [-0.15, -0.1) is 5.10 Å². The molecule has 2 aromatic carbocycles. The Morgan fingerprint density at radius 3 is 2.81 bits per heavy atom. The summed E-state index contributed by atoms with van der Waals surface area (Å²) in [5.41, 5.74) is 1.16. The van der Waals surface area contributed by atoms with Gasteiger partial charge in [0, 0.05) is 5.69 Å². The summed E-state index contributed by atoms with van der Waals surface area (Å²) in [6, 6.07) is 13.0. The predicted molar refractivity (Wildman–Crippen MR) is 96.1 cm³/mol. The first kappa shape index (κ1) is 17.9. The minimum absolute atomic E-state index is 0.0912. The molecule has 26 heavy (non-hydrogen) atoms. The normalized spacial score (nSPS) is 10.5. The van der Waals surface area contributed by atoms with E-state index in [0.29, 0.717) is 17.5 Å². The fourth-order valence-corrected chi connectivity index (χ4v) is 2.87. The number of ether oxygens (including phenoxy) is 1. The Morgan fingerprint density at radius 1 is 1.27 bits per heavy atom. The third-order valence-electron chi connectivity index (χ3n) is 3.27. The third kappa shape index (κ3) is 4.57. The average molecular weight is 373 g/mol. The molecule has 3 aromatic rings. The van der Waals surface area contributed by atoms with E-state index in [1.165, 1.54) is 34.6 Å². The molecule has 0 bridgehead atoms. The van der Waals surface area contributed by atoms with E-state index in [2.05, 4.69) is 20.8 Å². The molecule has 134 valence electrons. The molecule has 0 aliphatic carbocycles. The number of amides is 1. The lowest BCUT2D eigenvalue weighted by Crippen LogP contribution is -2.14. The first-order valence-corrected chi connectivity index (χ1v) is 8.84. The summed E-state index contributed by atoms with van der Waals surface area (Å²) in [7, 11) is 0. The fourth-order valence-electron chi connectivity index (χ4n) is 2.17. The fraction of sp³-hybridized carbons (Fsp3) is 0.176. The van der Waals surface area contributed by atoms with Crippen molar-refractivity contribution in [3.63, 3.8) is 0 Å². The van der Waals surface area contributed by atoms with Crippen molar-refractivity contribution in [3.8, 4) is 11.4 Å². The summed E-state index contributed by atoms with van der Waals surface area (Å²) in [5.74, 6) is 0.165. The third-order valence-corrected chi connectivity index (χ3v) is 4.19. The van der Waals surface area contributed by atoms with E-state index >= 15 is 0 Å². The van der Waals surface area contributed by atoms with Crippen molar-refractivity contribution in [2.45, 2.75) is 12.1 Å². The van der Waals surface area contributed by atoms with Crippen LogP contribution >= 0.6 is 11.8 Å². The molecular weight excluding hydrogens is 357 g/mol. The number of tetrazole rings is 1. The highest BCUT2D eigenvalue weighted by atomic mass is 32.2. The summed E-state index contributed by atoms with van der Waals surface area (Å²) < 4.78 is 20.1. The summed E-state index contributed by atoms with van der Waals surface area (Å²) in [5, 5.41) is 14.7. The van der Waals surface area contributed by atoms with Crippen molar-refractivity contribution < 1.29 is 13.9 Å². The van der Waals surface area contributed by atoms with Gasteiger partial charge in [-0.1, -0.05) is 17.8 Å². The van der Waals surface area contributed by atoms with E-state index in [9.17, 15) is 9.18 Å².